The van der Waals surface area contributed by atoms with E-state index in [4.69, 9.17) is 11.6 Å². The Morgan fingerprint density at radius 1 is 0.946 bits per heavy atom. The summed E-state index contributed by atoms with van der Waals surface area (Å²) in [7, 11) is -4.07. The normalized spacial score (nSPS) is 12.0. The van der Waals surface area contributed by atoms with Crippen LogP contribution in [0.3, 0.4) is 0 Å². The van der Waals surface area contributed by atoms with Crippen LogP contribution in [-0.4, -0.2) is 44.3 Å². The van der Waals surface area contributed by atoms with Gasteiger partial charge in [0.05, 0.1) is 10.6 Å². The molecule has 0 aliphatic carbocycles. The van der Waals surface area contributed by atoms with Crippen molar-refractivity contribution in [3.63, 3.8) is 0 Å². The summed E-state index contributed by atoms with van der Waals surface area (Å²) in [6.07, 6.45) is 0.750. The lowest BCUT2D eigenvalue weighted by molar-refractivity contribution is -0.139. The SMILES string of the molecule is CCCNC(=O)[C@H](C)N(Cc1ccc(Cl)cc1)C(=O)CN(c1ccc(C)cc1)S(=O)(=O)c1ccccc1. The lowest BCUT2D eigenvalue weighted by Crippen LogP contribution is -2.51. The summed E-state index contributed by atoms with van der Waals surface area (Å²) in [5.74, 6) is -0.814. The highest BCUT2D eigenvalue weighted by atomic mass is 35.5. The number of rotatable bonds is 11. The number of benzene rings is 3. The Balaban J connectivity index is 1.99. The van der Waals surface area contributed by atoms with E-state index in [1.165, 1.54) is 17.0 Å². The molecular weight excluding hydrogens is 510 g/mol. The average molecular weight is 542 g/mol. The van der Waals surface area contributed by atoms with Gasteiger partial charge in [0.2, 0.25) is 11.8 Å². The number of carbonyl (C=O) groups excluding carboxylic acids is 2. The first-order valence-corrected chi connectivity index (χ1v) is 13.9. The number of halogens is 1. The molecule has 0 saturated heterocycles. The third-order valence-electron chi connectivity index (χ3n) is 5.91. The van der Waals surface area contributed by atoms with Crippen LogP contribution in [0.1, 0.15) is 31.4 Å². The van der Waals surface area contributed by atoms with E-state index in [-0.39, 0.29) is 17.3 Å². The Morgan fingerprint density at radius 2 is 1.57 bits per heavy atom. The topological polar surface area (TPSA) is 86.8 Å². The molecule has 9 heteroatoms. The molecule has 1 N–H and O–H groups in total. The summed E-state index contributed by atoms with van der Waals surface area (Å²) in [5.41, 5.74) is 2.08. The molecule has 0 radical (unpaired) electrons. The second-order valence-electron chi connectivity index (χ2n) is 8.78. The molecule has 2 amide bonds. The number of carbonyl (C=O) groups is 2. The van der Waals surface area contributed by atoms with Crippen LogP contribution >= 0.6 is 11.6 Å². The first kappa shape index (κ1) is 28.2. The van der Waals surface area contributed by atoms with Crippen molar-refractivity contribution in [3.05, 3.63) is 95.0 Å². The van der Waals surface area contributed by atoms with Crippen molar-refractivity contribution in [3.8, 4) is 0 Å². The number of nitrogens with zero attached hydrogens (tertiary/aromatic N) is 2. The number of hydrogen-bond acceptors (Lipinski definition) is 4. The third-order valence-corrected chi connectivity index (χ3v) is 7.95. The molecule has 3 aromatic carbocycles. The summed E-state index contributed by atoms with van der Waals surface area (Å²) in [5, 5.41) is 3.37. The fraction of sp³-hybridized carbons (Fsp3) is 0.286. The lowest BCUT2D eigenvalue weighted by Gasteiger charge is -2.32. The van der Waals surface area contributed by atoms with Crippen molar-refractivity contribution in [2.75, 3.05) is 17.4 Å². The molecule has 0 heterocycles. The predicted molar refractivity (Wildman–Crippen MR) is 147 cm³/mol. The highest BCUT2D eigenvalue weighted by molar-refractivity contribution is 7.92. The Labute approximate surface area is 224 Å². The zero-order valence-electron chi connectivity index (χ0n) is 21.2. The van der Waals surface area contributed by atoms with Crippen LogP contribution in [0.25, 0.3) is 0 Å². The first-order valence-electron chi connectivity index (χ1n) is 12.1. The van der Waals surface area contributed by atoms with Crippen LogP contribution in [0.4, 0.5) is 5.69 Å². The largest absolute Gasteiger partial charge is 0.354 e. The van der Waals surface area contributed by atoms with Gasteiger partial charge in [-0.2, -0.15) is 0 Å². The zero-order chi connectivity index (χ0) is 27.0. The maximum Gasteiger partial charge on any atom is 0.264 e. The van der Waals surface area contributed by atoms with Crippen LogP contribution in [0.2, 0.25) is 5.02 Å². The minimum absolute atomic E-state index is 0.0707. The van der Waals surface area contributed by atoms with Gasteiger partial charge in [0.15, 0.2) is 0 Å². The number of nitrogens with one attached hydrogen (secondary N) is 1. The van der Waals surface area contributed by atoms with Gasteiger partial charge in [-0.05, 0) is 62.2 Å². The highest BCUT2D eigenvalue weighted by Gasteiger charge is 2.32. The maximum atomic E-state index is 13.8. The van der Waals surface area contributed by atoms with Gasteiger partial charge >= 0.3 is 0 Å². The molecule has 0 spiro atoms. The minimum Gasteiger partial charge on any atom is -0.354 e. The molecule has 3 rings (SSSR count). The van der Waals surface area contributed by atoms with E-state index in [0.717, 1.165) is 21.9 Å². The Morgan fingerprint density at radius 3 is 2.16 bits per heavy atom. The Bertz CT molecular complexity index is 1300. The minimum atomic E-state index is -4.07. The summed E-state index contributed by atoms with van der Waals surface area (Å²) < 4.78 is 28.4. The molecule has 3 aromatic rings. The van der Waals surface area contributed by atoms with Crippen molar-refractivity contribution in [1.29, 1.82) is 0 Å². The molecule has 0 unspecified atom stereocenters. The summed E-state index contributed by atoms with van der Waals surface area (Å²) in [6, 6.07) is 21.0. The van der Waals surface area contributed by atoms with E-state index in [0.29, 0.717) is 17.3 Å². The molecule has 0 aromatic heterocycles. The van der Waals surface area contributed by atoms with E-state index >= 15 is 0 Å². The van der Waals surface area contributed by atoms with Crippen LogP contribution in [0.5, 0.6) is 0 Å². The first-order chi connectivity index (χ1) is 17.6. The maximum absolute atomic E-state index is 13.8. The lowest BCUT2D eigenvalue weighted by atomic mass is 10.1. The van der Waals surface area contributed by atoms with Crippen LogP contribution < -0.4 is 9.62 Å². The number of hydrogen-bond donors (Lipinski definition) is 1. The monoisotopic (exact) mass is 541 g/mol. The van der Waals surface area contributed by atoms with Gasteiger partial charge in [-0.25, -0.2) is 8.42 Å². The van der Waals surface area contributed by atoms with Gasteiger partial charge in [0.25, 0.3) is 10.0 Å². The predicted octanol–water partition coefficient (Wildman–Crippen LogP) is 4.79. The number of anilines is 1. The van der Waals surface area contributed by atoms with E-state index in [2.05, 4.69) is 5.32 Å². The van der Waals surface area contributed by atoms with Gasteiger partial charge in [0, 0.05) is 18.1 Å². The van der Waals surface area contributed by atoms with Crippen molar-refractivity contribution in [2.24, 2.45) is 0 Å². The van der Waals surface area contributed by atoms with Gasteiger partial charge in [-0.1, -0.05) is 66.6 Å². The third kappa shape index (κ3) is 7.33. The van der Waals surface area contributed by atoms with Crippen LogP contribution in [0.15, 0.2) is 83.8 Å². The standard InChI is InChI=1S/C28H32ClN3O4S/c1-4-18-30-28(34)22(3)31(19-23-12-14-24(29)15-13-23)27(33)20-32(25-16-10-21(2)11-17-25)37(35,36)26-8-6-5-7-9-26/h5-17,22H,4,18-20H2,1-3H3,(H,30,34)/t22-/m0/s1. The summed E-state index contributed by atoms with van der Waals surface area (Å²) >= 11 is 6.02. The van der Waals surface area contributed by atoms with E-state index in [9.17, 15) is 18.0 Å². The Hall–Kier alpha value is -3.36. The molecule has 196 valence electrons. The molecule has 0 fully saturated rings. The smallest absolute Gasteiger partial charge is 0.264 e. The van der Waals surface area contributed by atoms with Gasteiger partial charge in [0.1, 0.15) is 12.6 Å². The van der Waals surface area contributed by atoms with Crippen molar-refractivity contribution in [2.45, 2.75) is 44.7 Å². The fourth-order valence-corrected chi connectivity index (χ4v) is 5.29. The van der Waals surface area contributed by atoms with Crippen molar-refractivity contribution >= 4 is 39.1 Å². The van der Waals surface area contributed by atoms with Crippen LogP contribution in [0, 0.1) is 6.92 Å². The average Bonchev–Trinajstić information content (AvgIpc) is 2.90. The van der Waals surface area contributed by atoms with Crippen molar-refractivity contribution < 1.29 is 18.0 Å². The molecule has 0 aliphatic heterocycles. The zero-order valence-corrected chi connectivity index (χ0v) is 22.8. The summed E-state index contributed by atoms with van der Waals surface area (Å²) in [6.45, 7) is 5.60. The molecule has 0 bridgehead atoms. The molecule has 7 nitrogen and oxygen atoms in total. The number of sulfonamides is 1. The van der Waals surface area contributed by atoms with E-state index < -0.39 is 28.5 Å². The second kappa shape index (κ2) is 12.7. The quantitative estimate of drug-likeness (QED) is 0.378. The van der Waals surface area contributed by atoms with Gasteiger partial charge < -0.3 is 10.2 Å². The fourth-order valence-electron chi connectivity index (χ4n) is 3.72. The molecule has 1 atom stereocenters. The van der Waals surface area contributed by atoms with E-state index in [1.807, 2.05) is 13.8 Å². The van der Waals surface area contributed by atoms with Crippen molar-refractivity contribution in [1.82, 2.24) is 10.2 Å². The molecule has 0 saturated carbocycles. The van der Waals surface area contributed by atoms with Crippen LogP contribution in [-0.2, 0) is 26.2 Å². The number of amides is 2. The number of aryl methyl sites for hydroxylation is 1. The van der Waals surface area contributed by atoms with Gasteiger partial charge in [-0.15, -0.1) is 0 Å². The molecule has 37 heavy (non-hydrogen) atoms. The Kier molecular flexibility index (Phi) is 9.72. The molecular formula is C28H32ClN3O4S. The van der Waals surface area contributed by atoms with E-state index in [1.54, 1.807) is 73.7 Å². The molecule has 0 aliphatic rings. The van der Waals surface area contributed by atoms with Gasteiger partial charge in [-0.3, -0.25) is 13.9 Å². The highest BCUT2D eigenvalue weighted by Crippen LogP contribution is 2.25. The second-order valence-corrected chi connectivity index (χ2v) is 11.1. The summed E-state index contributed by atoms with van der Waals surface area (Å²) in [4.78, 5) is 28.1.